The van der Waals surface area contributed by atoms with E-state index in [4.69, 9.17) is 5.11 Å². The van der Waals surface area contributed by atoms with Crippen LogP contribution in [0, 0.1) is 5.41 Å². The number of nitrogens with one attached hydrogen (secondary N) is 2. The number of carboxylic acid groups (broad SMARTS) is 1. The molecule has 0 aliphatic rings. The van der Waals surface area contributed by atoms with E-state index in [0.717, 1.165) is 0 Å². The van der Waals surface area contributed by atoms with Gasteiger partial charge in [0.15, 0.2) is 0 Å². The fourth-order valence-electron chi connectivity index (χ4n) is 1.52. The molecule has 0 radical (unpaired) electrons. The van der Waals surface area contributed by atoms with E-state index in [9.17, 15) is 14.4 Å². The van der Waals surface area contributed by atoms with Crippen LogP contribution in [0.2, 0.25) is 0 Å². The third-order valence-corrected chi connectivity index (χ3v) is 4.22. The maximum atomic E-state index is 11.6. The summed E-state index contributed by atoms with van der Waals surface area (Å²) < 4.78 is 0. The van der Waals surface area contributed by atoms with E-state index >= 15 is 0 Å². The number of amides is 2. The second-order valence-electron chi connectivity index (χ2n) is 4.98. The predicted octanol–water partition coefficient (Wildman–Crippen LogP) is 1.49. The Balaban J connectivity index is 2.28. The summed E-state index contributed by atoms with van der Waals surface area (Å²) >= 11 is 1.33. The summed E-state index contributed by atoms with van der Waals surface area (Å²) in [5.74, 6) is -1.42. The molecule has 3 N–H and O–H groups in total. The second-order valence-corrected chi connectivity index (χ2v) is 5.93. The van der Waals surface area contributed by atoms with Gasteiger partial charge in [-0.05, 0) is 24.8 Å². The van der Waals surface area contributed by atoms with Crippen molar-refractivity contribution in [2.75, 3.05) is 13.1 Å². The number of hydrogen-bond acceptors (Lipinski definition) is 4. The largest absolute Gasteiger partial charge is 0.481 e. The standard InChI is InChI=1S/C14H20N2O4S/c1-3-14(2,13(19)20)9-16-11(17)6-7-15-12(18)10-5-4-8-21-10/h4-5,8H,3,6-7,9H2,1-2H3,(H,15,18)(H,16,17)(H,19,20). The van der Waals surface area contributed by atoms with E-state index in [0.29, 0.717) is 11.3 Å². The Bertz CT molecular complexity index is 501. The molecule has 21 heavy (non-hydrogen) atoms. The van der Waals surface area contributed by atoms with Gasteiger partial charge in [-0.25, -0.2) is 0 Å². The van der Waals surface area contributed by atoms with Crippen LogP contribution in [0.3, 0.4) is 0 Å². The summed E-state index contributed by atoms with van der Waals surface area (Å²) in [4.78, 5) is 35.0. The quantitative estimate of drug-likeness (QED) is 0.677. The van der Waals surface area contributed by atoms with Crippen molar-refractivity contribution in [2.45, 2.75) is 26.7 Å². The molecule has 0 saturated carbocycles. The van der Waals surface area contributed by atoms with Crippen LogP contribution in [-0.4, -0.2) is 36.0 Å². The predicted molar refractivity (Wildman–Crippen MR) is 80.3 cm³/mol. The average Bonchev–Trinajstić information content (AvgIpc) is 2.98. The summed E-state index contributed by atoms with van der Waals surface area (Å²) in [6.45, 7) is 3.66. The van der Waals surface area contributed by atoms with Crippen LogP contribution >= 0.6 is 11.3 Å². The highest BCUT2D eigenvalue weighted by Gasteiger charge is 2.31. The van der Waals surface area contributed by atoms with Crippen molar-refractivity contribution in [3.05, 3.63) is 22.4 Å². The van der Waals surface area contributed by atoms with Crippen LogP contribution in [0.25, 0.3) is 0 Å². The number of aliphatic carboxylic acids is 1. The highest BCUT2D eigenvalue weighted by molar-refractivity contribution is 7.12. The van der Waals surface area contributed by atoms with Crippen molar-refractivity contribution in [3.63, 3.8) is 0 Å². The maximum Gasteiger partial charge on any atom is 0.311 e. The number of rotatable bonds is 8. The van der Waals surface area contributed by atoms with E-state index in [1.54, 1.807) is 31.4 Å². The highest BCUT2D eigenvalue weighted by atomic mass is 32.1. The molecule has 0 aliphatic carbocycles. The van der Waals surface area contributed by atoms with Gasteiger partial charge in [0.25, 0.3) is 5.91 Å². The van der Waals surface area contributed by atoms with Crippen molar-refractivity contribution in [1.29, 1.82) is 0 Å². The van der Waals surface area contributed by atoms with Gasteiger partial charge in [0, 0.05) is 19.5 Å². The van der Waals surface area contributed by atoms with Crippen LogP contribution in [0.1, 0.15) is 36.4 Å². The Hall–Kier alpha value is -1.89. The molecule has 1 rings (SSSR count). The van der Waals surface area contributed by atoms with Gasteiger partial charge < -0.3 is 15.7 Å². The number of hydrogen-bond donors (Lipinski definition) is 3. The minimum absolute atomic E-state index is 0.0799. The molecule has 0 aliphatic heterocycles. The Labute approximate surface area is 127 Å². The van der Waals surface area contributed by atoms with Crippen molar-refractivity contribution < 1.29 is 19.5 Å². The topological polar surface area (TPSA) is 95.5 Å². The molecule has 0 fully saturated rings. The van der Waals surface area contributed by atoms with Crippen LogP contribution in [0.15, 0.2) is 17.5 Å². The van der Waals surface area contributed by atoms with E-state index in [1.807, 2.05) is 0 Å². The zero-order valence-electron chi connectivity index (χ0n) is 12.1. The summed E-state index contributed by atoms with van der Waals surface area (Å²) in [6, 6.07) is 3.49. The lowest BCUT2D eigenvalue weighted by atomic mass is 9.88. The van der Waals surface area contributed by atoms with Crippen molar-refractivity contribution in [2.24, 2.45) is 5.41 Å². The summed E-state index contributed by atoms with van der Waals surface area (Å²) in [5, 5.41) is 16.1. The van der Waals surface area contributed by atoms with Gasteiger partial charge in [-0.1, -0.05) is 13.0 Å². The van der Waals surface area contributed by atoms with Gasteiger partial charge in [-0.2, -0.15) is 0 Å². The number of carboxylic acids is 1. The third kappa shape index (κ3) is 5.18. The summed E-state index contributed by atoms with van der Waals surface area (Å²) in [6.07, 6.45) is 0.550. The fourth-order valence-corrected chi connectivity index (χ4v) is 2.16. The molecule has 6 nitrogen and oxygen atoms in total. The normalized spacial score (nSPS) is 13.2. The molecule has 1 heterocycles. The zero-order chi connectivity index (χ0) is 15.9. The van der Waals surface area contributed by atoms with Gasteiger partial charge in [-0.3, -0.25) is 14.4 Å². The Morgan fingerprint density at radius 3 is 2.57 bits per heavy atom. The first-order chi connectivity index (χ1) is 9.89. The molecule has 1 atom stereocenters. The number of carbonyl (C=O) groups excluding carboxylic acids is 2. The molecular formula is C14H20N2O4S. The third-order valence-electron chi connectivity index (χ3n) is 3.35. The molecule has 116 valence electrons. The first-order valence-corrected chi connectivity index (χ1v) is 7.59. The molecule has 0 aromatic carbocycles. The lowest BCUT2D eigenvalue weighted by Gasteiger charge is -2.23. The Morgan fingerprint density at radius 2 is 2.05 bits per heavy atom. The van der Waals surface area contributed by atoms with Gasteiger partial charge in [0.2, 0.25) is 5.91 Å². The summed E-state index contributed by atoms with van der Waals surface area (Å²) in [7, 11) is 0. The van der Waals surface area contributed by atoms with Crippen molar-refractivity contribution in [1.82, 2.24) is 10.6 Å². The Morgan fingerprint density at radius 1 is 1.33 bits per heavy atom. The van der Waals surface area contributed by atoms with E-state index in [2.05, 4.69) is 10.6 Å². The number of carbonyl (C=O) groups is 3. The van der Waals surface area contributed by atoms with Crippen molar-refractivity contribution >= 4 is 29.1 Å². The fraction of sp³-hybridized carbons (Fsp3) is 0.500. The minimum atomic E-state index is -0.962. The van der Waals surface area contributed by atoms with Gasteiger partial charge in [0.1, 0.15) is 0 Å². The molecule has 0 bridgehead atoms. The van der Waals surface area contributed by atoms with Crippen LogP contribution in [0.5, 0.6) is 0 Å². The van der Waals surface area contributed by atoms with Crippen LogP contribution in [-0.2, 0) is 9.59 Å². The van der Waals surface area contributed by atoms with Crippen molar-refractivity contribution in [3.8, 4) is 0 Å². The lowest BCUT2D eigenvalue weighted by Crippen LogP contribution is -2.41. The zero-order valence-corrected chi connectivity index (χ0v) is 13.0. The first-order valence-electron chi connectivity index (χ1n) is 6.71. The van der Waals surface area contributed by atoms with E-state index < -0.39 is 11.4 Å². The van der Waals surface area contributed by atoms with Crippen LogP contribution < -0.4 is 10.6 Å². The van der Waals surface area contributed by atoms with Gasteiger partial charge >= 0.3 is 5.97 Å². The summed E-state index contributed by atoms with van der Waals surface area (Å²) in [5.41, 5.74) is -0.962. The SMILES string of the molecule is CCC(C)(CNC(=O)CCNC(=O)c1cccs1)C(=O)O. The van der Waals surface area contributed by atoms with E-state index in [-0.39, 0.29) is 31.3 Å². The second kappa shape index (κ2) is 7.78. The molecule has 0 saturated heterocycles. The van der Waals surface area contributed by atoms with Gasteiger partial charge in [-0.15, -0.1) is 11.3 Å². The average molecular weight is 312 g/mol. The Kier molecular flexibility index (Phi) is 6.36. The molecule has 2 amide bonds. The molecule has 0 spiro atoms. The molecule has 1 aromatic heterocycles. The molecule has 1 unspecified atom stereocenters. The monoisotopic (exact) mass is 312 g/mol. The highest BCUT2D eigenvalue weighted by Crippen LogP contribution is 2.19. The first kappa shape index (κ1) is 17.2. The lowest BCUT2D eigenvalue weighted by molar-refractivity contribution is -0.148. The maximum absolute atomic E-state index is 11.6. The van der Waals surface area contributed by atoms with E-state index in [1.165, 1.54) is 11.3 Å². The number of thiophene rings is 1. The smallest absolute Gasteiger partial charge is 0.311 e. The minimum Gasteiger partial charge on any atom is -0.481 e. The molecule has 1 aromatic rings. The molecular weight excluding hydrogens is 292 g/mol. The van der Waals surface area contributed by atoms with Gasteiger partial charge in [0.05, 0.1) is 10.3 Å². The molecule has 7 heteroatoms. The van der Waals surface area contributed by atoms with Crippen LogP contribution in [0.4, 0.5) is 0 Å².